The van der Waals surface area contributed by atoms with Gasteiger partial charge in [0.1, 0.15) is 6.04 Å². The quantitative estimate of drug-likeness (QED) is 0.641. The first kappa shape index (κ1) is 25.5. The molecule has 1 unspecified atom stereocenters. The fourth-order valence-corrected chi connectivity index (χ4v) is 5.29. The molecule has 2 aliphatic rings. The molecule has 10 heteroatoms. The minimum atomic E-state index is -4.62. The maximum absolute atomic E-state index is 13.4. The van der Waals surface area contributed by atoms with E-state index in [0.29, 0.717) is 50.1 Å². The zero-order valence-corrected chi connectivity index (χ0v) is 20.5. The van der Waals surface area contributed by atoms with Crippen LogP contribution < -0.4 is 4.90 Å². The van der Waals surface area contributed by atoms with Crippen molar-refractivity contribution in [2.75, 3.05) is 38.6 Å². The molecule has 7 nitrogen and oxygen atoms in total. The highest BCUT2D eigenvalue weighted by atomic mass is 19.4. The number of pyridine rings is 1. The van der Waals surface area contributed by atoms with Gasteiger partial charge in [0, 0.05) is 51.8 Å². The summed E-state index contributed by atoms with van der Waals surface area (Å²) < 4.78 is 40.3. The monoisotopic (exact) mass is 499 g/mol. The summed E-state index contributed by atoms with van der Waals surface area (Å²) in [7, 11) is 3.33. The third-order valence-electron chi connectivity index (χ3n) is 7.24. The van der Waals surface area contributed by atoms with Gasteiger partial charge in [-0.05, 0) is 61.4 Å². The third kappa shape index (κ3) is 4.87. The molecule has 3 heterocycles. The van der Waals surface area contributed by atoms with Gasteiger partial charge in [-0.15, -0.1) is 0 Å². The number of hydrogen-bond donors (Lipinski definition) is 0. The average molecular weight is 500 g/mol. The van der Waals surface area contributed by atoms with Crippen molar-refractivity contribution in [1.29, 1.82) is 5.26 Å². The lowest BCUT2D eigenvalue weighted by Gasteiger charge is -2.40. The van der Waals surface area contributed by atoms with Gasteiger partial charge >= 0.3 is 6.18 Å². The van der Waals surface area contributed by atoms with Gasteiger partial charge in [0.15, 0.2) is 0 Å². The standard InChI is InChI=1S/C26H28F3N5O2/c1-17-10-19(15-31-14-17)23(35)34-16-25(12-22(34)24(36)32(2)3)6-8-33(9-7-25)20-5-4-18(13-30)21(11-20)26(27,28)29/h4-5,10-11,14-15,22H,6-9,12,16H2,1-3H3. The number of halogens is 3. The van der Waals surface area contributed by atoms with E-state index in [0.717, 1.165) is 11.6 Å². The van der Waals surface area contributed by atoms with E-state index in [1.165, 1.54) is 17.2 Å². The van der Waals surface area contributed by atoms with Gasteiger partial charge in [-0.1, -0.05) is 0 Å². The van der Waals surface area contributed by atoms with Crippen molar-refractivity contribution >= 4 is 17.5 Å². The lowest BCUT2D eigenvalue weighted by molar-refractivity contribution is -0.137. The molecule has 1 atom stereocenters. The van der Waals surface area contributed by atoms with Gasteiger partial charge in [-0.2, -0.15) is 18.4 Å². The number of aromatic nitrogens is 1. The summed E-state index contributed by atoms with van der Waals surface area (Å²) in [4.78, 5) is 35.6. The number of likely N-dealkylation sites (tertiary alicyclic amines) is 1. The van der Waals surface area contributed by atoms with E-state index in [2.05, 4.69) is 4.98 Å². The van der Waals surface area contributed by atoms with Crippen LogP contribution in [0.25, 0.3) is 0 Å². The number of likely N-dealkylation sites (N-methyl/N-ethyl adjacent to an activating group) is 1. The largest absolute Gasteiger partial charge is 0.417 e. The Kier molecular flexibility index (Phi) is 6.69. The molecule has 0 N–H and O–H groups in total. The predicted molar refractivity (Wildman–Crippen MR) is 127 cm³/mol. The Morgan fingerprint density at radius 1 is 1.17 bits per heavy atom. The van der Waals surface area contributed by atoms with Crippen LogP contribution in [0.5, 0.6) is 0 Å². The molecule has 1 aromatic carbocycles. The molecule has 1 aromatic heterocycles. The molecule has 2 fully saturated rings. The molecule has 190 valence electrons. The molecule has 0 aliphatic carbocycles. The van der Waals surface area contributed by atoms with Crippen LogP contribution in [0.15, 0.2) is 36.7 Å². The molecular formula is C26H28F3N5O2. The van der Waals surface area contributed by atoms with Gasteiger partial charge in [0.2, 0.25) is 5.91 Å². The van der Waals surface area contributed by atoms with Crippen molar-refractivity contribution in [3.05, 3.63) is 58.9 Å². The highest BCUT2D eigenvalue weighted by Crippen LogP contribution is 2.45. The van der Waals surface area contributed by atoms with Gasteiger partial charge in [0.25, 0.3) is 5.91 Å². The number of hydrogen-bond acceptors (Lipinski definition) is 5. The summed E-state index contributed by atoms with van der Waals surface area (Å²) in [6, 6.07) is 6.54. The van der Waals surface area contributed by atoms with E-state index in [1.54, 1.807) is 43.4 Å². The summed E-state index contributed by atoms with van der Waals surface area (Å²) in [6.45, 7) is 3.22. The number of amides is 2. The number of piperidine rings is 1. The molecule has 2 aromatic rings. The van der Waals surface area contributed by atoms with Crippen LogP contribution >= 0.6 is 0 Å². The Morgan fingerprint density at radius 3 is 2.44 bits per heavy atom. The van der Waals surface area contributed by atoms with Crippen molar-refractivity contribution in [3.8, 4) is 6.07 Å². The number of alkyl halides is 3. The van der Waals surface area contributed by atoms with E-state index in [1.807, 2.05) is 11.8 Å². The van der Waals surface area contributed by atoms with Crippen LogP contribution in [-0.2, 0) is 11.0 Å². The maximum Gasteiger partial charge on any atom is 0.417 e. The second-order valence-corrected chi connectivity index (χ2v) is 9.96. The first-order valence-corrected chi connectivity index (χ1v) is 11.7. The van der Waals surface area contributed by atoms with E-state index in [4.69, 9.17) is 5.26 Å². The average Bonchev–Trinajstić information content (AvgIpc) is 3.21. The van der Waals surface area contributed by atoms with Crippen molar-refractivity contribution in [3.63, 3.8) is 0 Å². The van der Waals surface area contributed by atoms with Crippen molar-refractivity contribution in [1.82, 2.24) is 14.8 Å². The van der Waals surface area contributed by atoms with Crippen LogP contribution in [0.4, 0.5) is 18.9 Å². The Labute approximate surface area is 208 Å². The van der Waals surface area contributed by atoms with Crippen LogP contribution in [0.1, 0.15) is 46.3 Å². The molecule has 2 aliphatic heterocycles. The molecule has 1 spiro atoms. The Bertz CT molecular complexity index is 1210. The van der Waals surface area contributed by atoms with Crippen LogP contribution in [-0.4, -0.2) is 66.4 Å². The number of rotatable bonds is 3. The normalized spacial score (nSPS) is 19.3. The Hall–Kier alpha value is -3.61. The number of nitrogens with zero attached hydrogens (tertiary/aromatic N) is 5. The van der Waals surface area contributed by atoms with E-state index in [-0.39, 0.29) is 17.2 Å². The Balaban J connectivity index is 1.55. The lowest BCUT2D eigenvalue weighted by Crippen LogP contribution is -2.45. The topological polar surface area (TPSA) is 80.5 Å². The minimum absolute atomic E-state index is 0.148. The minimum Gasteiger partial charge on any atom is -0.371 e. The number of anilines is 1. The molecule has 0 bridgehead atoms. The Morgan fingerprint density at radius 2 is 1.86 bits per heavy atom. The molecule has 4 rings (SSSR count). The highest BCUT2D eigenvalue weighted by molar-refractivity contribution is 5.98. The molecule has 0 radical (unpaired) electrons. The number of carbonyl (C=O) groups excluding carboxylic acids is 2. The molecule has 36 heavy (non-hydrogen) atoms. The molecule has 0 saturated carbocycles. The number of nitriles is 1. The van der Waals surface area contributed by atoms with Crippen LogP contribution in [0.3, 0.4) is 0 Å². The lowest BCUT2D eigenvalue weighted by atomic mass is 9.76. The molecule has 2 saturated heterocycles. The fraction of sp³-hybridized carbons (Fsp3) is 0.462. The third-order valence-corrected chi connectivity index (χ3v) is 7.24. The number of benzene rings is 1. The second kappa shape index (κ2) is 9.45. The number of aryl methyl sites for hydroxylation is 1. The zero-order valence-electron chi connectivity index (χ0n) is 20.5. The van der Waals surface area contributed by atoms with Crippen molar-refractivity contribution < 1.29 is 22.8 Å². The summed E-state index contributed by atoms with van der Waals surface area (Å²) in [5.41, 5.74) is 0.0368. The van der Waals surface area contributed by atoms with Crippen molar-refractivity contribution in [2.24, 2.45) is 5.41 Å². The summed E-state index contributed by atoms with van der Waals surface area (Å²) in [5.74, 6) is -0.391. The van der Waals surface area contributed by atoms with E-state index < -0.39 is 23.3 Å². The van der Waals surface area contributed by atoms with E-state index >= 15 is 0 Å². The maximum atomic E-state index is 13.4. The zero-order chi connectivity index (χ0) is 26.3. The second-order valence-electron chi connectivity index (χ2n) is 9.96. The number of carbonyl (C=O) groups is 2. The van der Waals surface area contributed by atoms with Crippen molar-refractivity contribution in [2.45, 2.75) is 38.4 Å². The van der Waals surface area contributed by atoms with Crippen LogP contribution in [0, 0.1) is 23.7 Å². The summed E-state index contributed by atoms with van der Waals surface area (Å²) in [5, 5.41) is 9.07. The predicted octanol–water partition coefficient (Wildman–Crippen LogP) is 3.87. The van der Waals surface area contributed by atoms with Gasteiger partial charge < -0.3 is 14.7 Å². The SMILES string of the molecule is Cc1cncc(C(=O)N2CC3(CCN(c4ccc(C#N)c(C(F)(F)F)c4)CC3)CC2C(=O)N(C)C)c1. The van der Waals surface area contributed by atoms with Gasteiger partial charge in [0.05, 0.1) is 22.8 Å². The van der Waals surface area contributed by atoms with Gasteiger partial charge in [-0.25, -0.2) is 0 Å². The first-order valence-electron chi connectivity index (χ1n) is 11.7. The highest BCUT2D eigenvalue weighted by Gasteiger charge is 2.50. The fourth-order valence-electron chi connectivity index (χ4n) is 5.29. The molecule has 2 amide bonds. The summed E-state index contributed by atoms with van der Waals surface area (Å²) >= 11 is 0. The first-order chi connectivity index (χ1) is 16.9. The molecular weight excluding hydrogens is 471 g/mol. The summed E-state index contributed by atoms with van der Waals surface area (Å²) in [6.07, 6.45) is 0.304. The van der Waals surface area contributed by atoms with Gasteiger partial charge in [-0.3, -0.25) is 14.6 Å². The van der Waals surface area contributed by atoms with Crippen LogP contribution in [0.2, 0.25) is 0 Å². The smallest absolute Gasteiger partial charge is 0.371 e. The van der Waals surface area contributed by atoms with E-state index in [9.17, 15) is 22.8 Å².